The van der Waals surface area contributed by atoms with Gasteiger partial charge in [0.15, 0.2) is 0 Å². The second-order valence-electron chi connectivity index (χ2n) is 7.26. The highest BCUT2D eigenvalue weighted by molar-refractivity contribution is 6.11. The van der Waals surface area contributed by atoms with Crippen LogP contribution >= 0.6 is 0 Å². The van der Waals surface area contributed by atoms with Crippen molar-refractivity contribution in [1.82, 2.24) is 5.32 Å². The summed E-state index contributed by atoms with van der Waals surface area (Å²) in [4.78, 5) is 38.5. The summed E-state index contributed by atoms with van der Waals surface area (Å²) in [7, 11) is 0. The van der Waals surface area contributed by atoms with E-state index < -0.39 is 23.4 Å². The van der Waals surface area contributed by atoms with E-state index in [4.69, 9.17) is 15.9 Å². The zero-order chi connectivity index (χ0) is 23.8. The van der Waals surface area contributed by atoms with E-state index in [-0.39, 0.29) is 30.0 Å². The number of benzene rings is 3. The Morgan fingerprint density at radius 2 is 1.42 bits per heavy atom. The SMILES string of the molecule is N=C(N)c1ccc(C(=O)NC(Oc2ccccc2)(C(=O)O)C(=O)CCc2ccccc2)cc1. The van der Waals surface area contributed by atoms with Gasteiger partial charge in [-0.3, -0.25) is 20.3 Å². The molecule has 0 saturated carbocycles. The molecule has 3 aromatic carbocycles. The summed E-state index contributed by atoms with van der Waals surface area (Å²) in [6, 6.07) is 22.7. The fraction of sp³-hybridized carbons (Fsp3) is 0.120. The molecular formula is C25H23N3O5. The second kappa shape index (κ2) is 10.2. The van der Waals surface area contributed by atoms with Crippen molar-refractivity contribution in [3.05, 3.63) is 102 Å². The van der Waals surface area contributed by atoms with Gasteiger partial charge in [0.05, 0.1) is 0 Å². The van der Waals surface area contributed by atoms with Crippen molar-refractivity contribution in [3.63, 3.8) is 0 Å². The predicted molar refractivity (Wildman–Crippen MR) is 122 cm³/mol. The molecule has 0 bridgehead atoms. The largest absolute Gasteiger partial charge is 0.476 e. The normalized spacial score (nSPS) is 12.2. The second-order valence-corrected chi connectivity index (χ2v) is 7.26. The lowest BCUT2D eigenvalue weighted by molar-refractivity contribution is -0.164. The highest BCUT2D eigenvalue weighted by atomic mass is 16.5. The highest BCUT2D eigenvalue weighted by Gasteiger charge is 2.50. The zero-order valence-electron chi connectivity index (χ0n) is 17.7. The number of aliphatic carboxylic acids is 1. The lowest BCUT2D eigenvalue weighted by Crippen LogP contribution is -2.64. The van der Waals surface area contributed by atoms with Crippen molar-refractivity contribution in [2.24, 2.45) is 5.73 Å². The Morgan fingerprint density at radius 1 is 0.879 bits per heavy atom. The van der Waals surface area contributed by atoms with Crippen LogP contribution in [0.5, 0.6) is 5.75 Å². The van der Waals surface area contributed by atoms with E-state index in [2.05, 4.69) is 5.32 Å². The summed E-state index contributed by atoms with van der Waals surface area (Å²) in [5, 5.41) is 19.8. The van der Waals surface area contributed by atoms with Crippen LogP contribution in [-0.4, -0.2) is 34.3 Å². The van der Waals surface area contributed by atoms with E-state index in [0.717, 1.165) is 5.56 Å². The van der Waals surface area contributed by atoms with Crippen LogP contribution in [0.15, 0.2) is 84.9 Å². The number of nitrogens with one attached hydrogen (secondary N) is 2. The first-order valence-corrected chi connectivity index (χ1v) is 10.1. The van der Waals surface area contributed by atoms with Gasteiger partial charge in [-0.05, 0) is 36.2 Å². The first-order chi connectivity index (χ1) is 15.8. The van der Waals surface area contributed by atoms with Crippen LogP contribution in [0, 0.1) is 5.41 Å². The van der Waals surface area contributed by atoms with Gasteiger partial charge in [0.2, 0.25) is 5.78 Å². The van der Waals surface area contributed by atoms with Crippen molar-refractivity contribution in [1.29, 1.82) is 5.41 Å². The van der Waals surface area contributed by atoms with Crippen LogP contribution in [0.3, 0.4) is 0 Å². The van der Waals surface area contributed by atoms with Gasteiger partial charge in [-0.25, -0.2) is 4.79 Å². The number of aryl methyl sites for hydroxylation is 1. The monoisotopic (exact) mass is 445 g/mol. The lowest BCUT2D eigenvalue weighted by atomic mass is 9.99. The number of ketones is 1. The Balaban J connectivity index is 1.91. The molecule has 0 radical (unpaired) electrons. The molecule has 0 aliphatic heterocycles. The number of carboxylic acid groups (broad SMARTS) is 1. The number of Topliss-reactive ketones (excluding diaryl/α,β-unsaturated/α-hetero) is 1. The van der Waals surface area contributed by atoms with Crippen LogP contribution in [0.2, 0.25) is 0 Å². The number of ether oxygens (including phenoxy) is 1. The fourth-order valence-electron chi connectivity index (χ4n) is 3.15. The number of para-hydroxylation sites is 1. The zero-order valence-corrected chi connectivity index (χ0v) is 17.7. The number of amides is 1. The minimum Gasteiger partial charge on any atom is -0.476 e. The van der Waals surface area contributed by atoms with E-state index in [0.29, 0.717) is 5.56 Å². The molecule has 0 spiro atoms. The number of carboxylic acids is 1. The van der Waals surface area contributed by atoms with Gasteiger partial charge in [0.25, 0.3) is 5.91 Å². The third kappa shape index (κ3) is 5.62. The van der Waals surface area contributed by atoms with Crippen LogP contribution < -0.4 is 15.8 Å². The summed E-state index contributed by atoms with van der Waals surface area (Å²) in [5.74, 6) is -3.34. The molecule has 1 atom stereocenters. The number of hydrogen-bond donors (Lipinski definition) is 4. The minimum absolute atomic E-state index is 0.0816. The molecule has 33 heavy (non-hydrogen) atoms. The number of nitrogen functional groups attached to an aromatic ring is 1. The predicted octanol–water partition coefficient (Wildman–Crippen LogP) is 2.76. The Labute approximate surface area is 190 Å². The van der Waals surface area contributed by atoms with Gasteiger partial charge in [0, 0.05) is 17.5 Å². The van der Waals surface area contributed by atoms with E-state index in [9.17, 15) is 19.5 Å². The molecular weight excluding hydrogens is 422 g/mol. The third-order valence-electron chi connectivity index (χ3n) is 4.94. The van der Waals surface area contributed by atoms with Crippen LogP contribution in [0.4, 0.5) is 0 Å². The molecule has 0 aromatic heterocycles. The van der Waals surface area contributed by atoms with Crippen LogP contribution in [0.1, 0.15) is 27.9 Å². The summed E-state index contributed by atoms with van der Waals surface area (Å²) in [5.41, 5.74) is 4.12. The maximum Gasteiger partial charge on any atom is 0.378 e. The Kier molecular flexibility index (Phi) is 7.20. The standard InChI is InChI=1S/C25H23N3O5/c26-22(27)18-12-14-19(15-13-18)23(30)28-25(24(31)32,33-20-9-5-2-6-10-20)21(29)16-11-17-7-3-1-4-8-17/h1-10,12-15H,11,16H2,(H3,26,27)(H,28,30)(H,31,32). The fourth-order valence-corrected chi connectivity index (χ4v) is 3.15. The average Bonchev–Trinajstić information content (AvgIpc) is 2.83. The molecule has 1 unspecified atom stereocenters. The number of carbonyl (C=O) groups is 3. The number of amidine groups is 1. The average molecular weight is 445 g/mol. The molecule has 0 aliphatic rings. The molecule has 168 valence electrons. The first-order valence-electron chi connectivity index (χ1n) is 10.1. The van der Waals surface area contributed by atoms with Gasteiger partial charge < -0.3 is 15.6 Å². The molecule has 0 fully saturated rings. The van der Waals surface area contributed by atoms with Gasteiger partial charge in [-0.15, -0.1) is 0 Å². The molecule has 8 heteroatoms. The Bertz CT molecular complexity index is 1150. The maximum atomic E-state index is 13.2. The molecule has 0 heterocycles. The summed E-state index contributed by atoms with van der Waals surface area (Å²) >= 11 is 0. The highest BCUT2D eigenvalue weighted by Crippen LogP contribution is 2.21. The van der Waals surface area contributed by atoms with Gasteiger partial charge in [-0.2, -0.15) is 0 Å². The quantitative estimate of drug-likeness (QED) is 0.164. The van der Waals surface area contributed by atoms with Gasteiger partial charge >= 0.3 is 11.7 Å². The lowest BCUT2D eigenvalue weighted by Gasteiger charge is -2.30. The Morgan fingerprint density at radius 3 is 1.97 bits per heavy atom. The van der Waals surface area contributed by atoms with Crippen molar-refractivity contribution in [2.75, 3.05) is 0 Å². The number of rotatable bonds is 10. The molecule has 5 N–H and O–H groups in total. The van der Waals surface area contributed by atoms with E-state index in [1.54, 1.807) is 18.2 Å². The first kappa shape index (κ1) is 23.2. The smallest absolute Gasteiger partial charge is 0.378 e. The molecule has 0 saturated heterocycles. The van der Waals surface area contributed by atoms with Crippen LogP contribution in [-0.2, 0) is 16.0 Å². The van der Waals surface area contributed by atoms with Gasteiger partial charge in [0.1, 0.15) is 11.6 Å². The summed E-state index contributed by atoms with van der Waals surface area (Å²) in [6.07, 6.45) is 0.0999. The minimum atomic E-state index is -2.63. The molecule has 0 aliphatic carbocycles. The van der Waals surface area contributed by atoms with Crippen molar-refractivity contribution >= 4 is 23.5 Å². The molecule has 1 amide bonds. The van der Waals surface area contributed by atoms with Crippen molar-refractivity contribution < 1.29 is 24.2 Å². The number of carbonyl (C=O) groups excluding carboxylic acids is 2. The summed E-state index contributed by atoms with van der Waals surface area (Å²) in [6.45, 7) is 0. The van der Waals surface area contributed by atoms with Crippen molar-refractivity contribution in [3.8, 4) is 5.75 Å². The topological polar surface area (TPSA) is 143 Å². The van der Waals surface area contributed by atoms with Gasteiger partial charge in [-0.1, -0.05) is 60.7 Å². The van der Waals surface area contributed by atoms with Crippen LogP contribution in [0.25, 0.3) is 0 Å². The Hall–Kier alpha value is -4.46. The van der Waals surface area contributed by atoms with E-state index in [1.807, 2.05) is 30.3 Å². The van der Waals surface area contributed by atoms with Crippen molar-refractivity contribution in [2.45, 2.75) is 18.6 Å². The molecule has 3 aromatic rings. The molecule has 8 nitrogen and oxygen atoms in total. The molecule has 3 rings (SSSR count). The van der Waals surface area contributed by atoms with E-state index >= 15 is 0 Å². The van der Waals surface area contributed by atoms with E-state index in [1.165, 1.54) is 36.4 Å². The summed E-state index contributed by atoms with van der Waals surface area (Å²) < 4.78 is 5.63. The number of hydrogen-bond acceptors (Lipinski definition) is 5. The maximum absolute atomic E-state index is 13.2. The third-order valence-corrected chi connectivity index (χ3v) is 4.94. The number of nitrogens with two attached hydrogens (primary N) is 1.